The number of rotatable bonds is 4. The number of benzene rings is 1. The first-order valence-corrected chi connectivity index (χ1v) is 7.80. The van der Waals surface area contributed by atoms with Crippen molar-refractivity contribution < 1.29 is 4.42 Å². The fourth-order valence-corrected chi connectivity index (χ4v) is 2.97. The molecule has 21 heavy (non-hydrogen) atoms. The molecule has 2 heterocycles. The zero-order valence-electron chi connectivity index (χ0n) is 12.3. The van der Waals surface area contributed by atoms with E-state index in [1.807, 2.05) is 25.3 Å². The number of oxazole rings is 1. The first kappa shape index (κ1) is 13.8. The average Bonchev–Trinajstić information content (AvgIpc) is 3.06. The van der Waals surface area contributed by atoms with E-state index in [1.54, 1.807) is 11.3 Å². The molecule has 2 aromatic heterocycles. The maximum absolute atomic E-state index is 5.61. The standard InChI is InChI=1S/C16H17N3OS/c1-4-12-7-5-6-8-13(12)18-16-19-14(9-21-16)15-10(2)17-11(3)20-15/h5-9H,4H2,1-3H3,(H,18,19). The van der Waals surface area contributed by atoms with Crippen LogP contribution in [0, 0.1) is 13.8 Å². The SMILES string of the molecule is CCc1ccccc1Nc1nc(-c2oc(C)nc2C)cs1. The van der Waals surface area contributed by atoms with Crippen LogP contribution in [-0.4, -0.2) is 9.97 Å². The molecule has 0 aliphatic rings. The van der Waals surface area contributed by atoms with Gasteiger partial charge in [0.2, 0.25) is 0 Å². The zero-order valence-corrected chi connectivity index (χ0v) is 13.1. The summed E-state index contributed by atoms with van der Waals surface area (Å²) in [5, 5.41) is 6.24. The fraction of sp³-hybridized carbons (Fsp3) is 0.250. The molecular weight excluding hydrogens is 282 g/mol. The van der Waals surface area contributed by atoms with Gasteiger partial charge in [-0.3, -0.25) is 0 Å². The van der Waals surface area contributed by atoms with E-state index in [9.17, 15) is 0 Å². The van der Waals surface area contributed by atoms with Gasteiger partial charge in [-0.15, -0.1) is 11.3 Å². The van der Waals surface area contributed by atoms with Crippen LogP contribution in [0.4, 0.5) is 10.8 Å². The topological polar surface area (TPSA) is 51.0 Å². The molecule has 4 nitrogen and oxygen atoms in total. The minimum Gasteiger partial charge on any atom is -0.439 e. The van der Waals surface area contributed by atoms with E-state index in [1.165, 1.54) is 5.56 Å². The van der Waals surface area contributed by atoms with Gasteiger partial charge in [-0.2, -0.15) is 0 Å². The summed E-state index contributed by atoms with van der Waals surface area (Å²) in [6.07, 6.45) is 0.988. The zero-order chi connectivity index (χ0) is 14.8. The van der Waals surface area contributed by atoms with E-state index in [0.717, 1.165) is 34.4 Å². The predicted octanol–water partition coefficient (Wildman–Crippen LogP) is 4.72. The molecule has 108 valence electrons. The van der Waals surface area contributed by atoms with Crippen LogP contribution in [-0.2, 0) is 6.42 Å². The lowest BCUT2D eigenvalue weighted by atomic mass is 10.1. The Bertz CT molecular complexity index is 760. The van der Waals surface area contributed by atoms with Crippen LogP contribution in [0.1, 0.15) is 24.1 Å². The number of hydrogen-bond acceptors (Lipinski definition) is 5. The maximum atomic E-state index is 5.61. The van der Waals surface area contributed by atoms with Crippen molar-refractivity contribution in [3.8, 4) is 11.5 Å². The summed E-state index contributed by atoms with van der Waals surface area (Å²) in [5.41, 5.74) is 4.08. The molecule has 5 heteroatoms. The monoisotopic (exact) mass is 299 g/mol. The molecule has 0 spiro atoms. The molecule has 0 saturated heterocycles. The number of aromatic nitrogens is 2. The van der Waals surface area contributed by atoms with Gasteiger partial charge >= 0.3 is 0 Å². The third-order valence-electron chi connectivity index (χ3n) is 3.28. The molecule has 0 aliphatic carbocycles. The highest BCUT2D eigenvalue weighted by atomic mass is 32.1. The molecule has 0 unspecified atom stereocenters. The summed E-state index contributed by atoms with van der Waals surface area (Å²) in [7, 11) is 0. The van der Waals surface area contributed by atoms with Crippen molar-refractivity contribution in [3.05, 3.63) is 46.8 Å². The van der Waals surface area contributed by atoms with E-state index in [2.05, 4.69) is 40.4 Å². The lowest BCUT2D eigenvalue weighted by Crippen LogP contribution is -1.94. The second-order valence-electron chi connectivity index (χ2n) is 4.82. The lowest BCUT2D eigenvalue weighted by molar-refractivity contribution is 0.533. The molecule has 1 N–H and O–H groups in total. The van der Waals surface area contributed by atoms with E-state index in [0.29, 0.717) is 5.89 Å². The van der Waals surface area contributed by atoms with Crippen molar-refractivity contribution in [1.29, 1.82) is 0 Å². The smallest absolute Gasteiger partial charge is 0.192 e. The summed E-state index contributed by atoms with van der Waals surface area (Å²) in [6, 6.07) is 8.28. The van der Waals surface area contributed by atoms with E-state index < -0.39 is 0 Å². The number of aryl methyl sites for hydroxylation is 3. The quantitative estimate of drug-likeness (QED) is 0.757. The summed E-state index contributed by atoms with van der Waals surface area (Å²) < 4.78 is 5.61. The maximum Gasteiger partial charge on any atom is 0.192 e. The number of nitrogens with zero attached hydrogens (tertiary/aromatic N) is 2. The highest BCUT2D eigenvalue weighted by molar-refractivity contribution is 7.14. The highest BCUT2D eigenvalue weighted by Gasteiger charge is 2.13. The van der Waals surface area contributed by atoms with E-state index >= 15 is 0 Å². The van der Waals surface area contributed by atoms with Crippen molar-refractivity contribution in [2.75, 3.05) is 5.32 Å². The summed E-state index contributed by atoms with van der Waals surface area (Å²) >= 11 is 1.57. The van der Waals surface area contributed by atoms with Crippen LogP contribution in [0.25, 0.3) is 11.5 Å². The second-order valence-corrected chi connectivity index (χ2v) is 5.68. The van der Waals surface area contributed by atoms with Gasteiger partial charge in [0.05, 0.1) is 5.69 Å². The highest BCUT2D eigenvalue weighted by Crippen LogP contribution is 2.30. The Balaban J connectivity index is 1.87. The summed E-state index contributed by atoms with van der Waals surface area (Å²) in [6.45, 7) is 5.93. The largest absolute Gasteiger partial charge is 0.439 e. The van der Waals surface area contributed by atoms with E-state index in [4.69, 9.17) is 4.42 Å². The Morgan fingerprint density at radius 1 is 1.19 bits per heavy atom. The molecule has 3 aromatic rings. The van der Waals surface area contributed by atoms with Crippen LogP contribution in [0.15, 0.2) is 34.1 Å². The van der Waals surface area contributed by atoms with Crippen LogP contribution < -0.4 is 5.32 Å². The Morgan fingerprint density at radius 2 is 2.00 bits per heavy atom. The van der Waals surface area contributed by atoms with Crippen LogP contribution in [0.2, 0.25) is 0 Å². The molecular formula is C16H17N3OS. The number of thiazole rings is 1. The molecule has 0 aliphatic heterocycles. The van der Waals surface area contributed by atoms with Crippen LogP contribution in [0.5, 0.6) is 0 Å². The van der Waals surface area contributed by atoms with Gasteiger partial charge in [0.1, 0.15) is 5.69 Å². The number of para-hydroxylation sites is 1. The summed E-state index contributed by atoms with van der Waals surface area (Å²) in [4.78, 5) is 8.88. The molecule has 0 bridgehead atoms. The van der Waals surface area contributed by atoms with E-state index in [-0.39, 0.29) is 0 Å². The van der Waals surface area contributed by atoms with Crippen molar-refractivity contribution in [1.82, 2.24) is 9.97 Å². The Morgan fingerprint density at radius 3 is 2.71 bits per heavy atom. The Kier molecular flexibility index (Phi) is 3.75. The first-order chi connectivity index (χ1) is 10.2. The van der Waals surface area contributed by atoms with Crippen molar-refractivity contribution in [2.24, 2.45) is 0 Å². The molecule has 0 radical (unpaired) electrons. The van der Waals surface area contributed by atoms with Gasteiger partial charge < -0.3 is 9.73 Å². The molecule has 0 saturated carbocycles. The van der Waals surface area contributed by atoms with Crippen LogP contribution in [0.3, 0.4) is 0 Å². The number of nitrogens with one attached hydrogen (secondary N) is 1. The summed E-state index contributed by atoms with van der Waals surface area (Å²) in [5.74, 6) is 1.42. The minimum atomic E-state index is 0.668. The molecule has 1 aromatic carbocycles. The lowest BCUT2D eigenvalue weighted by Gasteiger charge is -2.07. The fourth-order valence-electron chi connectivity index (χ4n) is 2.27. The Hall–Kier alpha value is -2.14. The van der Waals surface area contributed by atoms with Gasteiger partial charge in [0.25, 0.3) is 0 Å². The van der Waals surface area contributed by atoms with Gasteiger partial charge in [-0.1, -0.05) is 25.1 Å². The first-order valence-electron chi connectivity index (χ1n) is 6.92. The molecule has 0 atom stereocenters. The average molecular weight is 299 g/mol. The third-order valence-corrected chi connectivity index (χ3v) is 4.04. The third kappa shape index (κ3) is 2.83. The molecule has 0 amide bonds. The Labute approximate surface area is 127 Å². The van der Waals surface area contributed by atoms with Gasteiger partial charge in [-0.05, 0) is 25.0 Å². The van der Waals surface area contributed by atoms with Crippen molar-refractivity contribution in [3.63, 3.8) is 0 Å². The molecule has 0 fully saturated rings. The number of anilines is 2. The van der Waals surface area contributed by atoms with Gasteiger partial charge in [-0.25, -0.2) is 9.97 Å². The van der Waals surface area contributed by atoms with Crippen LogP contribution >= 0.6 is 11.3 Å². The second kappa shape index (κ2) is 5.69. The normalized spacial score (nSPS) is 10.8. The number of hydrogen-bond donors (Lipinski definition) is 1. The van der Waals surface area contributed by atoms with Crippen molar-refractivity contribution in [2.45, 2.75) is 27.2 Å². The predicted molar refractivity (Wildman–Crippen MR) is 86.2 cm³/mol. The van der Waals surface area contributed by atoms with Crippen molar-refractivity contribution >= 4 is 22.2 Å². The van der Waals surface area contributed by atoms with Gasteiger partial charge in [0.15, 0.2) is 16.8 Å². The van der Waals surface area contributed by atoms with Gasteiger partial charge in [0, 0.05) is 18.0 Å². The minimum absolute atomic E-state index is 0.668. The molecule has 3 rings (SSSR count).